The van der Waals surface area contributed by atoms with E-state index in [-0.39, 0.29) is 30.1 Å². The molecule has 4 rings (SSSR count). The van der Waals surface area contributed by atoms with Gasteiger partial charge >= 0.3 is 0 Å². The summed E-state index contributed by atoms with van der Waals surface area (Å²) in [6, 6.07) is 16.8. The molecule has 1 N–H and O–H groups in total. The average molecular weight is 391 g/mol. The minimum atomic E-state index is -0.376. The van der Waals surface area contributed by atoms with E-state index in [1.54, 1.807) is 4.90 Å². The monoisotopic (exact) mass is 391 g/mol. The summed E-state index contributed by atoms with van der Waals surface area (Å²) >= 11 is 0. The number of para-hydroxylation sites is 1. The van der Waals surface area contributed by atoms with Gasteiger partial charge < -0.3 is 15.1 Å². The summed E-state index contributed by atoms with van der Waals surface area (Å²) in [5.41, 5.74) is 2.43. The Morgan fingerprint density at radius 3 is 2.34 bits per heavy atom. The van der Waals surface area contributed by atoms with Crippen LogP contribution in [0.3, 0.4) is 0 Å². The van der Waals surface area contributed by atoms with Crippen molar-refractivity contribution in [2.24, 2.45) is 5.92 Å². The lowest BCUT2D eigenvalue weighted by Crippen LogP contribution is -2.29. The summed E-state index contributed by atoms with van der Waals surface area (Å²) in [4.78, 5) is 40.8. The molecule has 0 spiro atoms. The lowest BCUT2D eigenvalue weighted by molar-refractivity contribution is -0.129. The molecule has 1 atom stereocenters. The summed E-state index contributed by atoms with van der Waals surface area (Å²) < 4.78 is 0. The van der Waals surface area contributed by atoms with Gasteiger partial charge in [0.25, 0.3) is 0 Å². The Morgan fingerprint density at radius 1 is 0.966 bits per heavy atom. The van der Waals surface area contributed by atoms with Crippen molar-refractivity contribution in [1.82, 2.24) is 4.90 Å². The molecule has 2 saturated heterocycles. The SMILES string of the molecule is O=C(Nc1ccc(CC(=O)N2CCCC2)cc1)C1CC(=O)N(c2ccccc2)C1. The van der Waals surface area contributed by atoms with Crippen molar-refractivity contribution >= 4 is 29.1 Å². The maximum absolute atomic E-state index is 12.6. The number of hydrogen-bond acceptors (Lipinski definition) is 3. The van der Waals surface area contributed by atoms with Crippen molar-refractivity contribution < 1.29 is 14.4 Å². The van der Waals surface area contributed by atoms with Crippen LogP contribution in [0.4, 0.5) is 11.4 Å². The molecule has 3 amide bonds. The van der Waals surface area contributed by atoms with Crippen LogP contribution in [0, 0.1) is 5.92 Å². The van der Waals surface area contributed by atoms with Crippen molar-refractivity contribution in [1.29, 1.82) is 0 Å². The maximum atomic E-state index is 12.6. The highest BCUT2D eigenvalue weighted by atomic mass is 16.2. The second-order valence-electron chi connectivity index (χ2n) is 7.69. The second kappa shape index (κ2) is 8.47. The Bertz CT molecular complexity index is 889. The highest BCUT2D eigenvalue weighted by molar-refractivity contribution is 6.03. The van der Waals surface area contributed by atoms with Crippen LogP contribution in [0.1, 0.15) is 24.8 Å². The number of carbonyl (C=O) groups is 3. The van der Waals surface area contributed by atoms with E-state index < -0.39 is 0 Å². The normalized spacial score (nSPS) is 18.9. The molecule has 0 radical (unpaired) electrons. The third kappa shape index (κ3) is 4.47. The fraction of sp³-hybridized carbons (Fsp3) is 0.348. The number of likely N-dealkylation sites (tertiary alicyclic amines) is 1. The summed E-state index contributed by atoms with van der Waals surface area (Å²) in [7, 11) is 0. The number of rotatable bonds is 5. The van der Waals surface area contributed by atoms with Crippen molar-refractivity contribution in [3.8, 4) is 0 Å². The largest absolute Gasteiger partial charge is 0.342 e. The third-order valence-corrected chi connectivity index (χ3v) is 5.60. The zero-order chi connectivity index (χ0) is 20.2. The van der Waals surface area contributed by atoms with Gasteiger partial charge in [0.15, 0.2) is 0 Å². The highest BCUT2D eigenvalue weighted by Crippen LogP contribution is 2.26. The summed E-state index contributed by atoms with van der Waals surface area (Å²) in [6.07, 6.45) is 2.77. The first-order valence-electron chi connectivity index (χ1n) is 10.1. The smallest absolute Gasteiger partial charge is 0.229 e. The molecule has 2 aliphatic heterocycles. The average Bonchev–Trinajstić information content (AvgIpc) is 3.40. The number of anilines is 2. The zero-order valence-electron chi connectivity index (χ0n) is 16.3. The number of amides is 3. The van der Waals surface area contributed by atoms with Crippen LogP contribution in [0.2, 0.25) is 0 Å². The Kier molecular flexibility index (Phi) is 5.60. The predicted octanol–water partition coefficient (Wildman–Crippen LogP) is 2.84. The number of nitrogens with one attached hydrogen (secondary N) is 1. The molecular weight excluding hydrogens is 366 g/mol. The van der Waals surface area contributed by atoms with Gasteiger partial charge in [-0.15, -0.1) is 0 Å². The lowest BCUT2D eigenvalue weighted by atomic mass is 10.1. The topological polar surface area (TPSA) is 69.7 Å². The number of hydrogen-bond donors (Lipinski definition) is 1. The molecule has 0 bridgehead atoms. The Balaban J connectivity index is 1.33. The molecule has 6 nitrogen and oxygen atoms in total. The van der Waals surface area contributed by atoms with Gasteiger partial charge in [0, 0.05) is 37.4 Å². The van der Waals surface area contributed by atoms with Crippen molar-refractivity contribution in [2.45, 2.75) is 25.7 Å². The standard InChI is InChI=1S/C23H25N3O3/c27-21(25-12-4-5-13-25)14-17-8-10-19(11-9-17)24-23(29)18-15-22(28)26(16-18)20-6-2-1-3-7-20/h1-3,6-11,18H,4-5,12-16H2,(H,24,29). The summed E-state index contributed by atoms with van der Waals surface area (Å²) in [5.74, 6) is -0.409. The van der Waals surface area contributed by atoms with Crippen LogP contribution in [-0.4, -0.2) is 42.3 Å². The maximum Gasteiger partial charge on any atom is 0.229 e. The quantitative estimate of drug-likeness (QED) is 0.852. The van der Waals surface area contributed by atoms with Gasteiger partial charge in [-0.2, -0.15) is 0 Å². The Morgan fingerprint density at radius 2 is 1.66 bits per heavy atom. The first kappa shape index (κ1) is 19.2. The second-order valence-corrected chi connectivity index (χ2v) is 7.69. The Labute approximate surface area is 170 Å². The van der Waals surface area contributed by atoms with Crippen LogP contribution in [0.5, 0.6) is 0 Å². The predicted molar refractivity (Wildman–Crippen MR) is 111 cm³/mol. The summed E-state index contributed by atoms with van der Waals surface area (Å²) in [5, 5.41) is 2.90. The van der Waals surface area contributed by atoms with Crippen molar-refractivity contribution in [2.75, 3.05) is 29.9 Å². The fourth-order valence-corrected chi connectivity index (χ4v) is 3.94. The van der Waals surface area contributed by atoms with E-state index >= 15 is 0 Å². The fourth-order valence-electron chi connectivity index (χ4n) is 3.94. The van der Waals surface area contributed by atoms with Gasteiger partial charge in [0.2, 0.25) is 17.7 Å². The van der Waals surface area contributed by atoms with Crippen molar-refractivity contribution in [3.05, 3.63) is 60.2 Å². The van der Waals surface area contributed by atoms with Crippen LogP contribution in [-0.2, 0) is 20.8 Å². The number of benzene rings is 2. The van der Waals surface area contributed by atoms with E-state index in [0.717, 1.165) is 37.2 Å². The molecule has 2 fully saturated rings. The van der Waals surface area contributed by atoms with E-state index in [2.05, 4.69) is 5.32 Å². The number of nitrogens with zero attached hydrogens (tertiary/aromatic N) is 2. The molecule has 2 heterocycles. The molecule has 2 aromatic rings. The van der Waals surface area contributed by atoms with Crippen LogP contribution in [0.25, 0.3) is 0 Å². The first-order chi connectivity index (χ1) is 14.1. The minimum absolute atomic E-state index is 0.0351. The molecule has 2 aromatic carbocycles. The summed E-state index contributed by atoms with van der Waals surface area (Å²) in [6.45, 7) is 2.09. The first-order valence-corrected chi connectivity index (χ1v) is 10.1. The van der Waals surface area contributed by atoms with Gasteiger partial charge in [-0.05, 0) is 42.7 Å². The van der Waals surface area contributed by atoms with Crippen molar-refractivity contribution in [3.63, 3.8) is 0 Å². The molecule has 0 aromatic heterocycles. The van der Waals surface area contributed by atoms with E-state index in [9.17, 15) is 14.4 Å². The van der Waals surface area contributed by atoms with E-state index in [1.807, 2.05) is 59.5 Å². The van der Waals surface area contributed by atoms with E-state index in [1.165, 1.54) is 0 Å². The molecule has 0 saturated carbocycles. The molecule has 6 heteroatoms. The highest BCUT2D eigenvalue weighted by Gasteiger charge is 2.35. The Hall–Kier alpha value is -3.15. The minimum Gasteiger partial charge on any atom is -0.342 e. The van der Waals surface area contributed by atoms with Gasteiger partial charge in [-0.1, -0.05) is 30.3 Å². The third-order valence-electron chi connectivity index (χ3n) is 5.60. The molecule has 150 valence electrons. The van der Waals surface area contributed by atoms with E-state index in [0.29, 0.717) is 18.7 Å². The molecule has 1 unspecified atom stereocenters. The zero-order valence-corrected chi connectivity index (χ0v) is 16.3. The molecule has 29 heavy (non-hydrogen) atoms. The van der Waals surface area contributed by atoms with Crippen LogP contribution < -0.4 is 10.2 Å². The van der Waals surface area contributed by atoms with Gasteiger partial charge in [0.1, 0.15) is 0 Å². The number of carbonyl (C=O) groups excluding carboxylic acids is 3. The molecular formula is C23H25N3O3. The van der Waals surface area contributed by atoms with Gasteiger partial charge in [-0.3, -0.25) is 14.4 Å². The molecule has 2 aliphatic rings. The van der Waals surface area contributed by atoms with Crippen LogP contribution >= 0.6 is 0 Å². The lowest BCUT2D eigenvalue weighted by Gasteiger charge is -2.17. The van der Waals surface area contributed by atoms with Gasteiger partial charge in [-0.25, -0.2) is 0 Å². The van der Waals surface area contributed by atoms with Gasteiger partial charge in [0.05, 0.1) is 12.3 Å². The van der Waals surface area contributed by atoms with E-state index in [4.69, 9.17) is 0 Å². The molecule has 0 aliphatic carbocycles. The van der Waals surface area contributed by atoms with Crippen LogP contribution in [0.15, 0.2) is 54.6 Å².